The van der Waals surface area contributed by atoms with E-state index in [9.17, 15) is 0 Å². The van der Waals surface area contributed by atoms with E-state index in [2.05, 4.69) is 40.3 Å². The van der Waals surface area contributed by atoms with E-state index in [0.29, 0.717) is 4.99 Å². The van der Waals surface area contributed by atoms with Crippen LogP contribution in [0.25, 0.3) is 0 Å². The lowest BCUT2D eigenvalue weighted by atomic mass is 10.1. The summed E-state index contributed by atoms with van der Waals surface area (Å²) in [6.07, 6.45) is 0. The highest BCUT2D eigenvalue weighted by atomic mass is 79.9. The summed E-state index contributed by atoms with van der Waals surface area (Å²) in [5.41, 5.74) is 8.77. The minimum atomic E-state index is 0.174. The van der Waals surface area contributed by atoms with Crippen molar-refractivity contribution in [3.63, 3.8) is 0 Å². The highest BCUT2D eigenvalue weighted by molar-refractivity contribution is 9.10. The molecule has 0 aliphatic carbocycles. The Morgan fingerprint density at radius 3 is 2.63 bits per heavy atom. The highest BCUT2D eigenvalue weighted by Crippen LogP contribution is 2.24. The largest absolute Gasteiger partial charge is 0.389 e. The molecule has 0 saturated carbocycles. The minimum Gasteiger partial charge on any atom is -0.389 e. The first-order valence-electron chi connectivity index (χ1n) is 5.99. The van der Waals surface area contributed by atoms with E-state index < -0.39 is 0 Å². The van der Waals surface area contributed by atoms with Crippen LogP contribution in [0, 0.1) is 0 Å². The number of hydrogen-bond donors (Lipinski definition) is 2. The molecule has 1 unspecified atom stereocenters. The van der Waals surface area contributed by atoms with E-state index >= 15 is 0 Å². The van der Waals surface area contributed by atoms with Gasteiger partial charge < -0.3 is 11.1 Å². The van der Waals surface area contributed by atoms with Crippen molar-refractivity contribution in [2.24, 2.45) is 5.73 Å². The summed E-state index contributed by atoms with van der Waals surface area (Å²) in [5, 5.41) is 3.45. The first-order chi connectivity index (χ1) is 9.08. The molecular weight excluding hydrogens is 320 g/mol. The van der Waals surface area contributed by atoms with E-state index in [-0.39, 0.29) is 6.04 Å². The van der Waals surface area contributed by atoms with E-state index in [1.807, 2.05) is 36.4 Å². The van der Waals surface area contributed by atoms with E-state index in [1.54, 1.807) is 0 Å². The summed E-state index contributed by atoms with van der Waals surface area (Å²) in [4.78, 5) is 0.407. The van der Waals surface area contributed by atoms with E-state index in [1.165, 1.54) is 5.56 Å². The Kier molecular flexibility index (Phi) is 4.56. The molecule has 0 aromatic heterocycles. The predicted octanol–water partition coefficient (Wildman–Crippen LogP) is 4.26. The number of rotatable bonds is 4. The number of anilines is 1. The van der Waals surface area contributed by atoms with Crippen LogP contribution in [0.1, 0.15) is 24.1 Å². The maximum atomic E-state index is 5.74. The van der Waals surface area contributed by atoms with Crippen molar-refractivity contribution in [1.82, 2.24) is 0 Å². The normalized spacial score (nSPS) is 11.9. The van der Waals surface area contributed by atoms with Crippen LogP contribution >= 0.6 is 28.1 Å². The van der Waals surface area contributed by atoms with Gasteiger partial charge >= 0.3 is 0 Å². The van der Waals surface area contributed by atoms with Gasteiger partial charge in [-0.15, -0.1) is 0 Å². The van der Waals surface area contributed by atoms with Crippen LogP contribution in [0.2, 0.25) is 0 Å². The van der Waals surface area contributed by atoms with Gasteiger partial charge in [0.2, 0.25) is 0 Å². The molecule has 1 atom stereocenters. The first kappa shape index (κ1) is 14.0. The number of thiocarbonyl (C=S) groups is 1. The highest BCUT2D eigenvalue weighted by Gasteiger charge is 2.09. The summed E-state index contributed by atoms with van der Waals surface area (Å²) in [6.45, 7) is 2.11. The topological polar surface area (TPSA) is 38.0 Å². The molecule has 4 heteroatoms. The van der Waals surface area contributed by atoms with Gasteiger partial charge in [-0.2, -0.15) is 0 Å². The van der Waals surface area contributed by atoms with Crippen molar-refractivity contribution in [2.45, 2.75) is 13.0 Å². The third-order valence-corrected chi connectivity index (χ3v) is 3.63. The molecule has 3 N–H and O–H groups in total. The Labute approximate surface area is 127 Å². The summed E-state index contributed by atoms with van der Waals surface area (Å²) in [7, 11) is 0. The fourth-order valence-corrected chi connectivity index (χ4v) is 2.51. The molecule has 0 heterocycles. The zero-order chi connectivity index (χ0) is 13.8. The maximum absolute atomic E-state index is 5.74. The summed E-state index contributed by atoms with van der Waals surface area (Å²) >= 11 is 8.56. The molecule has 19 heavy (non-hydrogen) atoms. The number of para-hydroxylation sites is 1. The lowest BCUT2D eigenvalue weighted by Gasteiger charge is -2.18. The van der Waals surface area contributed by atoms with Crippen LogP contribution in [0.3, 0.4) is 0 Å². The Hall–Kier alpha value is -1.39. The van der Waals surface area contributed by atoms with Crippen molar-refractivity contribution in [2.75, 3.05) is 5.32 Å². The van der Waals surface area contributed by atoms with Gasteiger partial charge in [-0.1, -0.05) is 52.4 Å². The lowest BCUT2D eigenvalue weighted by molar-refractivity contribution is 0.883. The first-order valence-corrected chi connectivity index (χ1v) is 7.19. The Morgan fingerprint density at radius 2 is 1.95 bits per heavy atom. The number of hydrogen-bond acceptors (Lipinski definition) is 2. The van der Waals surface area contributed by atoms with Crippen molar-refractivity contribution in [3.05, 3.63) is 64.1 Å². The summed E-state index contributed by atoms with van der Waals surface area (Å²) in [5.74, 6) is 0. The average molecular weight is 335 g/mol. The number of nitrogens with one attached hydrogen (secondary N) is 1. The Morgan fingerprint density at radius 1 is 1.21 bits per heavy atom. The second kappa shape index (κ2) is 6.17. The molecule has 0 bridgehead atoms. The number of halogens is 1. The van der Waals surface area contributed by atoms with Gasteiger partial charge in [0, 0.05) is 21.8 Å². The lowest BCUT2D eigenvalue weighted by Crippen LogP contribution is -2.15. The molecule has 2 aromatic rings. The summed E-state index contributed by atoms with van der Waals surface area (Å²) < 4.78 is 1.07. The SMILES string of the molecule is CC(Nc1ccccc1C(N)=S)c1cccc(Br)c1. The van der Waals surface area contributed by atoms with Crippen molar-refractivity contribution in [3.8, 4) is 0 Å². The molecule has 2 rings (SSSR count). The molecule has 2 nitrogen and oxygen atoms in total. The standard InChI is InChI=1S/C15H15BrN2S/c1-10(11-5-4-6-12(16)9-11)18-14-8-3-2-7-13(14)15(17)19/h2-10,18H,1H3,(H2,17,19). The van der Waals surface area contributed by atoms with Gasteiger partial charge in [0.1, 0.15) is 4.99 Å². The van der Waals surface area contributed by atoms with Crippen LogP contribution < -0.4 is 11.1 Å². The molecule has 0 radical (unpaired) electrons. The zero-order valence-corrected chi connectivity index (χ0v) is 13.0. The van der Waals surface area contributed by atoms with Crippen LogP contribution in [0.5, 0.6) is 0 Å². The molecule has 98 valence electrons. The van der Waals surface area contributed by atoms with Gasteiger partial charge in [0.15, 0.2) is 0 Å². The monoisotopic (exact) mass is 334 g/mol. The molecule has 0 aliphatic rings. The maximum Gasteiger partial charge on any atom is 0.106 e. The van der Waals surface area contributed by atoms with Crippen molar-refractivity contribution in [1.29, 1.82) is 0 Å². The molecule has 0 saturated heterocycles. The number of benzene rings is 2. The van der Waals surface area contributed by atoms with Gasteiger partial charge in [0.25, 0.3) is 0 Å². The van der Waals surface area contributed by atoms with Gasteiger partial charge in [-0.3, -0.25) is 0 Å². The van der Waals surface area contributed by atoms with Crippen LogP contribution in [0.15, 0.2) is 53.0 Å². The zero-order valence-electron chi connectivity index (χ0n) is 10.6. The second-order valence-electron chi connectivity index (χ2n) is 4.33. The third-order valence-electron chi connectivity index (χ3n) is 2.91. The molecule has 0 aliphatic heterocycles. The van der Waals surface area contributed by atoms with Crippen molar-refractivity contribution < 1.29 is 0 Å². The van der Waals surface area contributed by atoms with Crippen LogP contribution in [0.4, 0.5) is 5.69 Å². The molecule has 2 aromatic carbocycles. The fraction of sp³-hybridized carbons (Fsp3) is 0.133. The van der Waals surface area contributed by atoms with Crippen LogP contribution in [-0.2, 0) is 0 Å². The Bertz CT molecular complexity index is 598. The van der Waals surface area contributed by atoms with E-state index in [0.717, 1.165) is 15.7 Å². The van der Waals surface area contributed by atoms with Gasteiger partial charge in [-0.25, -0.2) is 0 Å². The summed E-state index contributed by atoms with van der Waals surface area (Å²) in [6, 6.07) is 16.2. The minimum absolute atomic E-state index is 0.174. The third kappa shape index (κ3) is 3.55. The van der Waals surface area contributed by atoms with Gasteiger partial charge in [-0.05, 0) is 36.8 Å². The smallest absolute Gasteiger partial charge is 0.106 e. The van der Waals surface area contributed by atoms with Gasteiger partial charge in [0.05, 0.1) is 0 Å². The average Bonchev–Trinajstić information content (AvgIpc) is 2.39. The molecular formula is C15H15BrN2S. The molecule has 0 fully saturated rings. The second-order valence-corrected chi connectivity index (χ2v) is 5.69. The molecule has 0 spiro atoms. The quantitative estimate of drug-likeness (QED) is 0.820. The molecule has 0 amide bonds. The fourth-order valence-electron chi connectivity index (χ4n) is 1.92. The van der Waals surface area contributed by atoms with Crippen LogP contribution in [-0.4, -0.2) is 4.99 Å². The number of nitrogens with two attached hydrogens (primary N) is 1. The Balaban J connectivity index is 2.24. The van der Waals surface area contributed by atoms with Crippen molar-refractivity contribution >= 4 is 38.8 Å². The van der Waals surface area contributed by atoms with E-state index in [4.69, 9.17) is 18.0 Å². The predicted molar refractivity (Wildman–Crippen MR) is 88.5 cm³/mol.